The van der Waals surface area contributed by atoms with Crippen LogP contribution in [0.3, 0.4) is 0 Å². The molecule has 0 bridgehead atoms. The number of hydrogen-bond acceptors (Lipinski definition) is 15. The van der Waals surface area contributed by atoms with Gasteiger partial charge >= 0.3 is 21.1 Å². The van der Waals surface area contributed by atoms with E-state index in [9.17, 15) is 28.0 Å². The van der Waals surface area contributed by atoms with Crippen LogP contribution < -0.4 is 20.3 Å². The minimum absolute atomic E-state index is 0.00239. The largest absolute Gasteiger partial charge is 0.494 e. The number of rotatable bonds is 16. The highest BCUT2D eigenvalue weighted by molar-refractivity contribution is 9.11. The molecule has 3 amide bonds. The van der Waals surface area contributed by atoms with Gasteiger partial charge in [-0.2, -0.15) is 0 Å². The van der Waals surface area contributed by atoms with Crippen LogP contribution in [0.15, 0.2) is 208 Å². The number of nitrogens with one attached hydrogen (secondary N) is 1. The van der Waals surface area contributed by atoms with Gasteiger partial charge in [0.15, 0.2) is 0 Å². The van der Waals surface area contributed by atoms with Crippen molar-refractivity contribution in [3.05, 3.63) is 264 Å². The standard InChI is InChI=1S/C22H26BNO4.C16H15BrFNO2.C16H14BrNO2.C12H24B2O4.C9H13NO.C7H3BrClFO/c1-21(2)22(3,4)28-23(27-21)17-10-11-18-19(14-17)26-13-12-24(20(18)25)15-16-8-6-5-7-9-16;17-13-6-7-14(15(18)10-13)16(21)19(8-9-20)11-12-4-2-1-3-5-12;17-13-6-7-14-15(10-13)20-9-8-18(16(14)19)11-12-4-2-1-3-5-12;1-9(2)10(3,4)16-13(15-9)14-17-11(5,6)12(7,8)18-14;11-7-6-10-8-9-4-2-1-3-5-9;8-4-1-2-5(7(9)11)6(10)3-4/h5-11,14H,12-13,15H2,1-4H3;1-7,10,20H,8-9,11H2;1-7,10H,8-9,11H2;1-8H3;1-5,10-11H,6-8H2;1-3H. The summed E-state index contributed by atoms with van der Waals surface area (Å²) in [6, 6.07) is 59.1. The zero-order valence-corrected chi connectivity index (χ0v) is 69.1. The summed E-state index contributed by atoms with van der Waals surface area (Å²) in [5.74, 6) is -0.374. The zero-order valence-electron chi connectivity index (χ0n) is 63.6. The first kappa shape index (κ1) is 87.4. The van der Waals surface area contributed by atoms with Crippen LogP contribution in [-0.2, 0) is 54.1 Å². The Bertz CT molecular complexity index is 4250. The number of amides is 3. The summed E-state index contributed by atoms with van der Waals surface area (Å²) in [6.45, 7) is 29.6. The van der Waals surface area contributed by atoms with Gasteiger partial charge in [0, 0.05) is 52.7 Å². The Labute approximate surface area is 670 Å². The second-order valence-corrected chi connectivity index (χ2v) is 32.3. The Morgan fingerprint density at radius 3 is 1.28 bits per heavy atom. The predicted molar refractivity (Wildman–Crippen MR) is 434 cm³/mol. The van der Waals surface area contributed by atoms with E-state index in [1.165, 1.54) is 34.7 Å². The molecule has 27 heteroatoms. The van der Waals surface area contributed by atoms with Crippen LogP contribution in [0.5, 0.6) is 11.5 Å². The van der Waals surface area contributed by atoms with E-state index < -0.39 is 55.1 Å². The van der Waals surface area contributed by atoms with Gasteiger partial charge in [0.05, 0.1) is 82.2 Å². The molecule has 0 radical (unpaired) electrons. The number of fused-ring (bicyclic) bond motifs is 2. The molecule has 0 aliphatic carbocycles. The molecular formula is C82H95B3Br3ClF2N4O14. The molecule has 0 unspecified atom stereocenters. The minimum Gasteiger partial charge on any atom is -0.491 e. The Morgan fingerprint density at radius 2 is 0.862 bits per heavy atom. The summed E-state index contributed by atoms with van der Waals surface area (Å²) in [5, 5.41) is 19.9. The second-order valence-electron chi connectivity index (χ2n) is 29.2. The Balaban J connectivity index is 0.000000169. The maximum absolute atomic E-state index is 13.9. The molecule has 5 aliphatic heterocycles. The maximum atomic E-state index is 13.9. The topological polar surface area (TPSA) is 204 Å². The van der Waals surface area contributed by atoms with E-state index in [2.05, 4.69) is 65.2 Å². The number of carbonyl (C=O) groups excluding carboxylic acids is 4. The predicted octanol–water partition coefficient (Wildman–Crippen LogP) is 15.7. The van der Waals surface area contributed by atoms with Crippen molar-refractivity contribution in [2.24, 2.45) is 0 Å². The van der Waals surface area contributed by atoms with Gasteiger partial charge in [0.25, 0.3) is 23.0 Å². The third-order valence-corrected chi connectivity index (χ3v) is 21.3. The van der Waals surface area contributed by atoms with Gasteiger partial charge in [0.2, 0.25) is 0 Å². The van der Waals surface area contributed by atoms with Gasteiger partial charge in [-0.25, -0.2) is 8.78 Å². The lowest BCUT2D eigenvalue weighted by molar-refractivity contribution is 0.00578. The van der Waals surface area contributed by atoms with Crippen LogP contribution in [0.4, 0.5) is 8.78 Å². The fourth-order valence-electron chi connectivity index (χ4n) is 11.3. The van der Waals surface area contributed by atoms with Crippen molar-refractivity contribution in [2.75, 3.05) is 52.6 Å². The molecule has 8 aromatic carbocycles. The molecule has 18 nitrogen and oxygen atoms in total. The first-order valence-electron chi connectivity index (χ1n) is 35.9. The number of carbonyl (C=O) groups is 4. The number of aliphatic hydroxyl groups excluding tert-OH is 2. The molecular weight excluding hydrogens is 1610 g/mol. The highest BCUT2D eigenvalue weighted by Crippen LogP contribution is 2.43. The van der Waals surface area contributed by atoms with Crippen molar-refractivity contribution in [1.82, 2.24) is 20.0 Å². The number of aliphatic hydroxyl groups is 2. The van der Waals surface area contributed by atoms with E-state index in [4.69, 9.17) is 59.2 Å². The summed E-state index contributed by atoms with van der Waals surface area (Å²) in [6.07, 6.45) is 0. The number of hydrogen-bond donors (Lipinski definition) is 3. The zero-order chi connectivity index (χ0) is 79.5. The van der Waals surface area contributed by atoms with Crippen LogP contribution in [-0.4, -0.2) is 155 Å². The van der Waals surface area contributed by atoms with E-state index in [-0.39, 0.29) is 65.1 Å². The maximum Gasteiger partial charge on any atom is 0.494 e. The molecule has 0 saturated carbocycles. The molecule has 3 fully saturated rings. The average molecular weight is 1710 g/mol. The first-order valence-corrected chi connectivity index (χ1v) is 38.6. The van der Waals surface area contributed by atoms with Crippen LogP contribution in [0.2, 0.25) is 0 Å². The molecule has 8 aromatic rings. The summed E-state index contributed by atoms with van der Waals surface area (Å²) >= 11 is 14.7. The number of nitrogens with zero attached hydrogens (tertiary/aromatic N) is 3. The smallest absolute Gasteiger partial charge is 0.491 e. The van der Waals surface area contributed by atoms with Crippen molar-refractivity contribution < 1.29 is 75.6 Å². The first-order chi connectivity index (χ1) is 51.5. The van der Waals surface area contributed by atoms with Gasteiger partial charge < -0.3 is 67.6 Å². The fraction of sp³-hybridized carbons (Fsp3) is 0.366. The van der Waals surface area contributed by atoms with Gasteiger partial charge in [-0.05, 0) is 189 Å². The quantitative estimate of drug-likeness (QED) is 0.0468. The fourth-order valence-corrected chi connectivity index (χ4v) is 12.5. The molecule has 13 rings (SSSR count). The number of ether oxygens (including phenoxy) is 2. The average Bonchev–Trinajstić information content (AvgIpc) is 1.61. The van der Waals surface area contributed by atoms with Crippen LogP contribution in [0, 0.1) is 11.6 Å². The van der Waals surface area contributed by atoms with Crippen molar-refractivity contribution in [2.45, 2.75) is 143 Å². The SMILES string of the molecule is CC1(C)OB(B2OC(C)(C)C(C)(C)O2)OC1(C)C.CC1(C)OB(c2ccc3c(c2)OCCN(Cc2ccccc2)C3=O)OC1(C)C.O=C(Cl)c1ccc(Br)cc1F.O=C(c1ccc(Br)cc1F)N(CCO)Cc1ccccc1.O=C1c2ccc(Br)cc2OCCN1Cc1ccccc1.OCCNCc1ccccc1. The van der Waals surface area contributed by atoms with Crippen LogP contribution in [0.25, 0.3) is 0 Å². The summed E-state index contributed by atoms with van der Waals surface area (Å²) in [7, 11) is -1.43. The molecule has 0 spiro atoms. The van der Waals surface area contributed by atoms with Crippen LogP contribution in [0.1, 0.15) is 147 Å². The lowest BCUT2D eigenvalue weighted by Crippen LogP contribution is -2.41. The van der Waals surface area contributed by atoms with E-state index in [1.807, 2.05) is 238 Å². The normalized spacial score (nSPS) is 17.2. The van der Waals surface area contributed by atoms with E-state index in [0.29, 0.717) is 84.1 Å². The van der Waals surface area contributed by atoms with E-state index >= 15 is 0 Å². The lowest BCUT2D eigenvalue weighted by Gasteiger charge is -2.32. The van der Waals surface area contributed by atoms with Crippen molar-refractivity contribution in [3.63, 3.8) is 0 Å². The highest BCUT2D eigenvalue weighted by Gasteiger charge is 2.64. The molecule has 5 aliphatic rings. The molecule has 3 N–H and O–H groups in total. The Hall–Kier alpha value is -7.14. The third-order valence-electron chi connectivity index (χ3n) is 19.6. The van der Waals surface area contributed by atoms with Gasteiger partial charge in [0.1, 0.15) is 36.3 Å². The highest BCUT2D eigenvalue weighted by atomic mass is 79.9. The van der Waals surface area contributed by atoms with E-state index in [0.717, 1.165) is 33.2 Å². The van der Waals surface area contributed by atoms with Crippen molar-refractivity contribution >= 4 is 109 Å². The van der Waals surface area contributed by atoms with Gasteiger partial charge in [-0.1, -0.05) is 175 Å². The monoisotopic (exact) mass is 1700 g/mol. The van der Waals surface area contributed by atoms with Crippen molar-refractivity contribution in [3.8, 4) is 11.5 Å². The molecule has 0 aromatic heterocycles. The molecule has 3 saturated heterocycles. The molecule has 109 heavy (non-hydrogen) atoms. The summed E-state index contributed by atoms with van der Waals surface area (Å²) in [5.41, 5.74) is 4.12. The summed E-state index contributed by atoms with van der Waals surface area (Å²) < 4.78 is 76.4. The van der Waals surface area contributed by atoms with E-state index in [1.54, 1.807) is 12.1 Å². The summed E-state index contributed by atoms with van der Waals surface area (Å²) in [4.78, 5) is 53.7. The lowest BCUT2D eigenvalue weighted by atomic mass is 9.49. The minimum atomic E-state index is -0.782. The number of halogens is 6. The van der Waals surface area contributed by atoms with Gasteiger partial charge in [-0.3, -0.25) is 19.2 Å². The molecule has 5 heterocycles. The van der Waals surface area contributed by atoms with Crippen molar-refractivity contribution in [1.29, 1.82) is 0 Å². The number of benzene rings is 8. The Kier molecular flexibility index (Phi) is 31.6. The molecule has 578 valence electrons. The van der Waals surface area contributed by atoms with Gasteiger partial charge in [-0.15, -0.1) is 0 Å². The second kappa shape index (κ2) is 39.4. The van der Waals surface area contributed by atoms with Crippen LogP contribution >= 0.6 is 59.4 Å². The Morgan fingerprint density at radius 1 is 0.486 bits per heavy atom. The third kappa shape index (κ3) is 24.2. The molecule has 0 atom stereocenters.